The van der Waals surface area contributed by atoms with E-state index >= 15 is 0 Å². The monoisotopic (exact) mass is 309 g/mol. The molecule has 2 aromatic rings. The average molecular weight is 309 g/mol. The standard InChI is InChI=1S/C16H14F3NO2/c1-10-12(15(21)22)6-4-8-14(10)20-9-11-5-2-3-7-13(11)16(17,18)19/h2-8,20H,9H2,1H3,(H,21,22). The third kappa shape index (κ3) is 3.39. The van der Waals surface area contributed by atoms with Gasteiger partial charge in [-0.15, -0.1) is 0 Å². The molecule has 2 rings (SSSR count). The fourth-order valence-corrected chi connectivity index (χ4v) is 2.20. The lowest BCUT2D eigenvalue weighted by Gasteiger charge is -2.15. The van der Waals surface area contributed by atoms with Gasteiger partial charge in [-0.3, -0.25) is 0 Å². The molecule has 116 valence electrons. The number of carboxylic acid groups (broad SMARTS) is 1. The number of alkyl halides is 3. The summed E-state index contributed by atoms with van der Waals surface area (Å²) in [4.78, 5) is 11.1. The van der Waals surface area contributed by atoms with Crippen molar-refractivity contribution in [3.05, 3.63) is 64.7 Å². The summed E-state index contributed by atoms with van der Waals surface area (Å²) in [6, 6.07) is 9.93. The largest absolute Gasteiger partial charge is 0.478 e. The predicted molar refractivity (Wildman–Crippen MR) is 76.9 cm³/mol. The number of hydrogen-bond donors (Lipinski definition) is 2. The molecule has 2 N–H and O–H groups in total. The molecule has 0 aliphatic carbocycles. The maximum atomic E-state index is 12.9. The first-order chi connectivity index (χ1) is 10.3. The number of anilines is 1. The summed E-state index contributed by atoms with van der Waals surface area (Å²) in [6.07, 6.45) is -4.42. The minimum Gasteiger partial charge on any atom is -0.478 e. The Bertz CT molecular complexity index is 696. The molecule has 0 bridgehead atoms. The van der Waals surface area contributed by atoms with Gasteiger partial charge in [-0.25, -0.2) is 4.79 Å². The van der Waals surface area contributed by atoms with Crippen molar-refractivity contribution in [2.45, 2.75) is 19.6 Å². The van der Waals surface area contributed by atoms with Crippen LogP contribution in [-0.2, 0) is 12.7 Å². The van der Waals surface area contributed by atoms with Crippen molar-refractivity contribution in [1.29, 1.82) is 0 Å². The molecule has 0 aromatic heterocycles. The van der Waals surface area contributed by atoms with E-state index < -0.39 is 17.7 Å². The van der Waals surface area contributed by atoms with Crippen LogP contribution in [0.3, 0.4) is 0 Å². The van der Waals surface area contributed by atoms with Gasteiger partial charge < -0.3 is 10.4 Å². The normalized spacial score (nSPS) is 11.3. The van der Waals surface area contributed by atoms with Gasteiger partial charge in [0.1, 0.15) is 0 Å². The molecule has 0 spiro atoms. The molecule has 0 saturated heterocycles. The third-order valence-electron chi connectivity index (χ3n) is 3.36. The molecule has 0 fully saturated rings. The van der Waals surface area contributed by atoms with E-state index in [-0.39, 0.29) is 17.7 Å². The molecule has 0 saturated carbocycles. The van der Waals surface area contributed by atoms with Crippen LogP contribution in [0.1, 0.15) is 27.0 Å². The lowest BCUT2D eigenvalue weighted by Crippen LogP contribution is -2.12. The van der Waals surface area contributed by atoms with Crippen LogP contribution in [0.5, 0.6) is 0 Å². The van der Waals surface area contributed by atoms with Crippen molar-refractivity contribution in [3.63, 3.8) is 0 Å². The molecule has 0 aliphatic heterocycles. The summed E-state index contributed by atoms with van der Waals surface area (Å²) in [6.45, 7) is 1.57. The summed E-state index contributed by atoms with van der Waals surface area (Å²) >= 11 is 0. The molecule has 6 heteroatoms. The highest BCUT2D eigenvalue weighted by molar-refractivity contribution is 5.91. The molecule has 0 radical (unpaired) electrons. The molecular weight excluding hydrogens is 295 g/mol. The number of carboxylic acids is 1. The zero-order valence-electron chi connectivity index (χ0n) is 11.7. The second kappa shape index (κ2) is 6.09. The Labute approximate surface area is 125 Å². The molecule has 22 heavy (non-hydrogen) atoms. The second-order valence-corrected chi connectivity index (χ2v) is 4.79. The van der Waals surface area contributed by atoms with E-state index in [1.165, 1.54) is 24.3 Å². The van der Waals surface area contributed by atoms with Crippen molar-refractivity contribution in [2.75, 3.05) is 5.32 Å². The van der Waals surface area contributed by atoms with Gasteiger partial charge >= 0.3 is 12.1 Å². The maximum absolute atomic E-state index is 12.9. The van der Waals surface area contributed by atoms with Crippen LogP contribution in [-0.4, -0.2) is 11.1 Å². The summed E-state index contributed by atoms with van der Waals surface area (Å²) in [7, 11) is 0. The topological polar surface area (TPSA) is 49.3 Å². The first-order valence-corrected chi connectivity index (χ1v) is 6.52. The van der Waals surface area contributed by atoms with Crippen LogP contribution < -0.4 is 5.32 Å². The smallest absolute Gasteiger partial charge is 0.416 e. The predicted octanol–water partition coefficient (Wildman–Crippen LogP) is 4.32. The molecule has 0 amide bonds. The first-order valence-electron chi connectivity index (χ1n) is 6.52. The molecule has 0 unspecified atom stereocenters. The fourth-order valence-electron chi connectivity index (χ4n) is 2.20. The molecular formula is C16H14F3NO2. The zero-order valence-corrected chi connectivity index (χ0v) is 11.7. The number of nitrogens with one attached hydrogen (secondary N) is 1. The second-order valence-electron chi connectivity index (χ2n) is 4.79. The van der Waals surface area contributed by atoms with Crippen molar-refractivity contribution in [1.82, 2.24) is 0 Å². The van der Waals surface area contributed by atoms with Gasteiger partial charge in [0.15, 0.2) is 0 Å². The summed E-state index contributed by atoms with van der Waals surface area (Å²) in [5.41, 5.74) is 0.509. The fraction of sp³-hybridized carbons (Fsp3) is 0.188. The van der Waals surface area contributed by atoms with Gasteiger partial charge in [0.2, 0.25) is 0 Å². The van der Waals surface area contributed by atoms with E-state index in [1.54, 1.807) is 19.1 Å². The Hall–Kier alpha value is -2.50. The first kappa shape index (κ1) is 15.9. The van der Waals surface area contributed by atoms with Crippen LogP contribution in [0.4, 0.5) is 18.9 Å². The van der Waals surface area contributed by atoms with Crippen LogP contribution in [0.2, 0.25) is 0 Å². The number of carbonyl (C=O) groups is 1. The van der Waals surface area contributed by atoms with E-state index in [2.05, 4.69) is 5.32 Å². The minimum absolute atomic E-state index is 0.0421. The van der Waals surface area contributed by atoms with Crippen molar-refractivity contribution in [2.24, 2.45) is 0 Å². The summed E-state index contributed by atoms with van der Waals surface area (Å²) in [5.74, 6) is -1.07. The van der Waals surface area contributed by atoms with Gasteiger partial charge in [0.05, 0.1) is 11.1 Å². The Morgan fingerprint density at radius 2 is 1.82 bits per heavy atom. The van der Waals surface area contributed by atoms with E-state index in [9.17, 15) is 18.0 Å². The highest BCUT2D eigenvalue weighted by Gasteiger charge is 2.32. The molecule has 2 aromatic carbocycles. The molecule has 0 heterocycles. The highest BCUT2D eigenvalue weighted by Crippen LogP contribution is 2.32. The van der Waals surface area contributed by atoms with Crippen LogP contribution in [0, 0.1) is 6.92 Å². The minimum atomic E-state index is -4.42. The van der Waals surface area contributed by atoms with Gasteiger partial charge in [-0.1, -0.05) is 24.3 Å². The molecule has 0 aliphatic rings. The maximum Gasteiger partial charge on any atom is 0.416 e. The van der Waals surface area contributed by atoms with Crippen LogP contribution in [0.25, 0.3) is 0 Å². The Kier molecular flexibility index (Phi) is 4.40. The zero-order chi connectivity index (χ0) is 16.3. The van der Waals surface area contributed by atoms with E-state index in [0.717, 1.165) is 6.07 Å². The average Bonchev–Trinajstić information content (AvgIpc) is 2.45. The van der Waals surface area contributed by atoms with Crippen molar-refractivity contribution >= 4 is 11.7 Å². The Balaban J connectivity index is 2.25. The SMILES string of the molecule is Cc1c(NCc2ccccc2C(F)(F)F)cccc1C(=O)O. The summed E-state index contributed by atoms with van der Waals surface area (Å²) in [5, 5.41) is 11.9. The van der Waals surface area contributed by atoms with E-state index in [1.807, 2.05) is 0 Å². The number of halogens is 3. The molecule has 3 nitrogen and oxygen atoms in total. The van der Waals surface area contributed by atoms with Gasteiger partial charge in [-0.2, -0.15) is 13.2 Å². The van der Waals surface area contributed by atoms with Crippen LogP contribution >= 0.6 is 0 Å². The van der Waals surface area contributed by atoms with Crippen molar-refractivity contribution < 1.29 is 23.1 Å². The van der Waals surface area contributed by atoms with E-state index in [0.29, 0.717) is 11.3 Å². The van der Waals surface area contributed by atoms with Crippen LogP contribution in [0.15, 0.2) is 42.5 Å². The van der Waals surface area contributed by atoms with E-state index in [4.69, 9.17) is 5.11 Å². The lowest BCUT2D eigenvalue weighted by atomic mass is 10.0. The Morgan fingerprint density at radius 1 is 1.14 bits per heavy atom. The lowest BCUT2D eigenvalue weighted by molar-refractivity contribution is -0.138. The van der Waals surface area contributed by atoms with Gasteiger partial charge in [0.25, 0.3) is 0 Å². The highest BCUT2D eigenvalue weighted by atomic mass is 19.4. The number of hydrogen-bond acceptors (Lipinski definition) is 2. The number of benzene rings is 2. The molecule has 0 atom stereocenters. The van der Waals surface area contributed by atoms with Gasteiger partial charge in [-0.05, 0) is 36.2 Å². The Morgan fingerprint density at radius 3 is 2.45 bits per heavy atom. The third-order valence-corrected chi connectivity index (χ3v) is 3.36. The van der Waals surface area contributed by atoms with Crippen molar-refractivity contribution in [3.8, 4) is 0 Å². The number of aromatic carboxylic acids is 1. The quantitative estimate of drug-likeness (QED) is 0.884. The van der Waals surface area contributed by atoms with Gasteiger partial charge in [0, 0.05) is 12.2 Å². The summed E-state index contributed by atoms with van der Waals surface area (Å²) < 4.78 is 38.8. The number of rotatable bonds is 4.